The average Bonchev–Trinajstić information content (AvgIpc) is 3.27. The van der Waals surface area contributed by atoms with Crippen LogP contribution in [0.4, 0.5) is 0 Å². The molecule has 2 fully saturated rings. The fourth-order valence-corrected chi connectivity index (χ4v) is 3.12. The molecule has 6 heteroatoms. The van der Waals surface area contributed by atoms with Gasteiger partial charge in [0.05, 0.1) is 5.54 Å². The predicted octanol–water partition coefficient (Wildman–Crippen LogP) is 2.42. The van der Waals surface area contributed by atoms with Crippen molar-refractivity contribution in [1.29, 1.82) is 0 Å². The van der Waals surface area contributed by atoms with Gasteiger partial charge in [0.25, 0.3) is 0 Å². The minimum absolute atomic E-state index is 0. The lowest BCUT2D eigenvalue weighted by molar-refractivity contribution is -0.129. The zero-order valence-corrected chi connectivity index (χ0v) is 14.0. The van der Waals surface area contributed by atoms with E-state index in [1.54, 1.807) is 0 Å². The summed E-state index contributed by atoms with van der Waals surface area (Å²) in [6.07, 6.45) is 3.33. The van der Waals surface area contributed by atoms with E-state index in [4.69, 9.17) is 22.1 Å². The van der Waals surface area contributed by atoms with E-state index in [-0.39, 0.29) is 23.7 Å². The molecular formula is C16H22Cl2N2O2. The summed E-state index contributed by atoms with van der Waals surface area (Å²) < 4.78 is 5.28. The van der Waals surface area contributed by atoms with Crippen LogP contribution < -0.4 is 11.1 Å². The summed E-state index contributed by atoms with van der Waals surface area (Å²) >= 11 is 6.06. The molecule has 1 heterocycles. The smallest absolute Gasteiger partial charge is 0.240 e. The van der Waals surface area contributed by atoms with Crippen molar-refractivity contribution >= 4 is 29.9 Å². The van der Waals surface area contributed by atoms with E-state index in [9.17, 15) is 4.79 Å². The maximum Gasteiger partial charge on any atom is 0.240 e. The van der Waals surface area contributed by atoms with Crippen molar-refractivity contribution in [3.8, 4) is 0 Å². The fourth-order valence-electron chi connectivity index (χ4n) is 2.92. The van der Waals surface area contributed by atoms with Crippen molar-refractivity contribution in [2.24, 2.45) is 5.73 Å². The Labute approximate surface area is 142 Å². The molecule has 0 unspecified atom stereocenters. The molecule has 4 nitrogen and oxygen atoms in total. The quantitative estimate of drug-likeness (QED) is 0.881. The topological polar surface area (TPSA) is 64.4 Å². The molecule has 1 aromatic rings. The molecule has 0 radical (unpaired) electrons. The number of amides is 1. The molecule has 22 heavy (non-hydrogen) atoms. The van der Waals surface area contributed by atoms with E-state index in [0.29, 0.717) is 32.6 Å². The first kappa shape index (κ1) is 17.5. The standard InChI is InChI=1S/C16H21ClN2O2.ClH/c17-13-3-1-2-12(10-13)15(4-5-15)11-19-14(20)16(18)6-8-21-9-7-16;/h1-3,10H,4-9,11,18H2,(H,19,20);1H. The fraction of sp³-hybridized carbons (Fsp3) is 0.562. The van der Waals surface area contributed by atoms with Gasteiger partial charge in [-0.1, -0.05) is 23.7 Å². The molecule has 1 saturated heterocycles. The van der Waals surface area contributed by atoms with Crippen molar-refractivity contribution in [3.63, 3.8) is 0 Å². The van der Waals surface area contributed by atoms with Crippen LogP contribution in [-0.4, -0.2) is 31.2 Å². The van der Waals surface area contributed by atoms with Gasteiger partial charge in [-0.2, -0.15) is 0 Å². The SMILES string of the molecule is Cl.NC1(C(=O)NCC2(c3cccc(Cl)c3)CC2)CCOCC1. The molecular weight excluding hydrogens is 323 g/mol. The van der Waals surface area contributed by atoms with Gasteiger partial charge in [-0.3, -0.25) is 4.79 Å². The van der Waals surface area contributed by atoms with Gasteiger partial charge in [-0.15, -0.1) is 12.4 Å². The van der Waals surface area contributed by atoms with Gasteiger partial charge in [-0.25, -0.2) is 0 Å². The van der Waals surface area contributed by atoms with Crippen LogP contribution in [0.1, 0.15) is 31.2 Å². The monoisotopic (exact) mass is 344 g/mol. The average molecular weight is 345 g/mol. The molecule has 3 rings (SSSR count). The number of nitrogens with two attached hydrogens (primary N) is 1. The summed E-state index contributed by atoms with van der Waals surface area (Å²) in [5.74, 6) is -0.0564. The Bertz CT molecular complexity index is 541. The molecule has 2 aliphatic rings. The molecule has 0 aromatic heterocycles. The van der Waals surface area contributed by atoms with Crippen molar-refractivity contribution < 1.29 is 9.53 Å². The van der Waals surface area contributed by atoms with Crippen LogP contribution in [0.5, 0.6) is 0 Å². The second-order valence-electron chi connectivity index (χ2n) is 6.24. The summed E-state index contributed by atoms with van der Waals surface area (Å²) in [7, 11) is 0. The molecule has 0 spiro atoms. The third-order valence-electron chi connectivity index (χ3n) is 4.72. The highest BCUT2D eigenvalue weighted by Gasteiger charge is 2.45. The first-order chi connectivity index (χ1) is 10.0. The number of halogens is 2. The van der Waals surface area contributed by atoms with E-state index in [0.717, 1.165) is 17.9 Å². The van der Waals surface area contributed by atoms with Crippen molar-refractivity contribution in [2.75, 3.05) is 19.8 Å². The highest BCUT2D eigenvalue weighted by molar-refractivity contribution is 6.30. The van der Waals surface area contributed by atoms with E-state index < -0.39 is 5.54 Å². The minimum Gasteiger partial charge on any atom is -0.381 e. The Morgan fingerprint density at radius 2 is 1.95 bits per heavy atom. The number of rotatable bonds is 4. The Hall–Kier alpha value is -0.810. The van der Waals surface area contributed by atoms with Gasteiger partial charge in [0.2, 0.25) is 5.91 Å². The number of hydrogen-bond donors (Lipinski definition) is 2. The van der Waals surface area contributed by atoms with Gasteiger partial charge in [-0.05, 0) is 43.4 Å². The lowest BCUT2D eigenvalue weighted by Crippen LogP contribution is -2.57. The van der Waals surface area contributed by atoms with Gasteiger partial charge in [0.15, 0.2) is 0 Å². The zero-order chi connectivity index (χ0) is 14.9. The molecule has 1 aromatic carbocycles. The summed E-state index contributed by atoms with van der Waals surface area (Å²) in [5.41, 5.74) is 6.67. The predicted molar refractivity (Wildman–Crippen MR) is 89.6 cm³/mol. The second-order valence-corrected chi connectivity index (χ2v) is 6.68. The van der Waals surface area contributed by atoms with Gasteiger partial charge >= 0.3 is 0 Å². The third kappa shape index (κ3) is 3.57. The van der Waals surface area contributed by atoms with Crippen molar-refractivity contribution in [1.82, 2.24) is 5.32 Å². The Morgan fingerprint density at radius 3 is 2.55 bits per heavy atom. The van der Waals surface area contributed by atoms with E-state index in [2.05, 4.69) is 11.4 Å². The van der Waals surface area contributed by atoms with Crippen LogP contribution in [0.3, 0.4) is 0 Å². The van der Waals surface area contributed by atoms with Gasteiger partial charge in [0.1, 0.15) is 0 Å². The number of carbonyl (C=O) groups is 1. The van der Waals surface area contributed by atoms with E-state index in [1.807, 2.05) is 18.2 Å². The lowest BCUT2D eigenvalue weighted by atomic mass is 9.89. The lowest BCUT2D eigenvalue weighted by Gasteiger charge is -2.32. The molecule has 0 atom stereocenters. The maximum absolute atomic E-state index is 12.4. The second kappa shape index (κ2) is 6.75. The molecule has 122 valence electrons. The highest BCUT2D eigenvalue weighted by atomic mass is 35.5. The highest BCUT2D eigenvalue weighted by Crippen LogP contribution is 2.48. The van der Waals surface area contributed by atoms with Crippen LogP contribution in [0.15, 0.2) is 24.3 Å². The first-order valence-corrected chi connectivity index (χ1v) is 7.83. The van der Waals surface area contributed by atoms with Crippen molar-refractivity contribution in [2.45, 2.75) is 36.6 Å². The molecule has 0 bridgehead atoms. The van der Waals surface area contributed by atoms with E-state index in [1.165, 1.54) is 5.56 Å². The third-order valence-corrected chi connectivity index (χ3v) is 4.95. The summed E-state index contributed by atoms with van der Waals surface area (Å²) in [6, 6.07) is 7.91. The molecule has 1 amide bonds. The van der Waals surface area contributed by atoms with Gasteiger partial charge in [0, 0.05) is 30.2 Å². The van der Waals surface area contributed by atoms with Crippen LogP contribution in [0.2, 0.25) is 5.02 Å². The molecule has 1 aliphatic carbocycles. The number of benzene rings is 1. The number of ether oxygens (including phenoxy) is 1. The summed E-state index contributed by atoms with van der Waals surface area (Å²) in [6.45, 7) is 1.75. The van der Waals surface area contributed by atoms with E-state index >= 15 is 0 Å². The molecule has 1 saturated carbocycles. The Morgan fingerprint density at radius 1 is 1.27 bits per heavy atom. The van der Waals surface area contributed by atoms with Crippen LogP contribution in [-0.2, 0) is 14.9 Å². The molecule has 3 N–H and O–H groups in total. The normalized spacial score (nSPS) is 21.5. The maximum atomic E-state index is 12.4. The largest absolute Gasteiger partial charge is 0.381 e. The number of nitrogens with one attached hydrogen (secondary N) is 1. The number of hydrogen-bond acceptors (Lipinski definition) is 3. The summed E-state index contributed by atoms with van der Waals surface area (Å²) in [5, 5.41) is 3.79. The van der Waals surface area contributed by atoms with Crippen LogP contribution >= 0.6 is 24.0 Å². The Kier molecular flexibility index (Phi) is 5.38. The number of carbonyl (C=O) groups excluding carboxylic acids is 1. The van der Waals surface area contributed by atoms with Crippen LogP contribution in [0.25, 0.3) is 0 Å². The molecule has 1 aliphatic heterocycles. The van der Waals surface area contributed by atoms with Gasteiger partial charge < -0.3 is 15.8 Å². The minimum atomic E-state index is -0.775. The first-order valence-electron chi connectivity index (χ1n) is 7.45. The van der Waals surface area contributed by atoms with Crippen LogP contribution in [0, 0.1) is 0 Å². The summed E-state index contributed by atoms with van der Waals surface area (Å²) in [4.78, 5) is 12.4. The van der Waals surface area contributed by atoms with Crippen molar-refractivity contribution in [3.05, 3.63) is 34.9 Å². The Balaban J connectivity index is 0.00000176. The zero-order valence-electron chi connectivity index (χ0n) is 12.4.